The molecule has 1 amide bonds. The number of aryl methyl sites for hydroxylation is 1. The van der Waals surface area contributed by atoms with Gasteiger partial charge in [0.25, 0.3) is 0 Å². The second-order valence-electron chi connectivity index (χ2n) is 5.83. The molecule has 0 spiro atoms. The SMILES string of the molecule is Cc1cc(Cl)ccc1N(C)C(=O)C12CC(O)(C1)C2. The average molecular weight is 266 g/mol. The highest BCUT2D eigenvalue weighted by atomic mass is 35.5. The van der Waals surface area contributed by atoms with Crippen molar-refractivity contribution in [2.45, 2.75) is 31.8 Å². The maximum atomic E-state index is 12.4. The summed E-state index contributed by atoms with van der Waals surface area (Å²) in [5.74, 6) is 0.115. The summed E-state index contributed by atoms with van der Waals surface area (Å²) in [4.78, 5) is 14.1. The molecule has 0 unspecified atom stereocenters. The molecule has 3 aliphatic rings. The largest absolute Gasteiger partial charge is 0.390 e. The van der Waals surface area contributed by atoms with Gasteiger partial charge in [-0.2, -0.15) is 0 Å². The highest BCUT2D eigenvalue weighted by Crippen LogP contribution is 2.67. The van der Waals surface area contributed by atoms with Crippen LogP contribution in [0.4, 0.5) is 5.69 Å². The van der Waals surface area contributed by atoms with Crippen molar-refractivity contribution in [3.63, 3.8) is 0 Å². The van der Waals surface area contributed by atoms with Gasteiger partial charge in [0.05, 0.1) is 11.0 Å². The fourth-order valence-corrected chi connectivity index (χ4v) is 3.65. The molecule has 1 aromatic carbocycles. The summed E-state index contributed by atoms with van der Waals surface area (Å²) in [5.41, 5.74) is 1.05. The van der Waals surface area contributed by atoms with Gasteiger partial charge >= 0.3 is 0 Å². The molecule has 0 aliphatic heterocycles. The van der Waals surface area contributed by atoms with Crippen LogP contribution in [-0.2, 0) is 4.79 Å². The zero-order valence-corrected chi connectivity index (χ0v) is 11.3. The quantitative estimate of drug-likeness (QED) is 0.893. The number of halogens is 1. The van der Waals surface area contributed by atoms with Gasteiger partial charge in [-0.15, -0.1) is 0 Å². The number of carbonyl (C=O) groups is 1. The fraction of sp³-hybridized carbons (Fsp3) is 0.500. The molecule has 0 aromatic heterocycles. The van der Waals surface area contributed by atoms with Crippen LogP contribution in [0.5, 0.6) is 0 Å². The summed E-state index contributed by atoms with van der Waals surface area (Å²) in [6.45, 7) is 1.94. The number of benzene rings is 1. The highest BCUT2D eigenvalue weighted by molar-refractivity contribution is 6.30. The Morgan fingerprint density at radius 2 is 2.00 bits per heavy atom. The summed E-state index contributed by atoms with van der Waals surface area (Å²) in [6.07, 6.45) is 1.86. The van der Waals surface area contributed by atoms with Crippen LogP contribution in [-0.4, -0.2) is 23.7 Å². The van der Waals surface area contributed by atoms with E-state index in [4.69, 9.17) is 11.6 Å². The zero-order chi connectivity index (χ0) is 13.1. The lowest BCUT2D eigenvalue weighted by atomic mass is 9.41. The summed E-state index contributed by atoms with van der Waals surface area (Å²) in [5, 5.41) is 10.4. The van der Waals surface area contributed by atoms with E-state index in [0.717, 1.165) is 11.3 Å². The molecule has 0 atom stereocenters. The standard InChI is InChI=1S/C14H16ClNO2/c1-9-5-10(15)3-4-11(9)16(2)12(17)13-6-14(18,7-13)8-13/h3-5,18H,6-8H2,1-2H3. The molecule has 1 N–H and O–H groups in total. The third-order valence-electron chi connectivity index (χ3n) is 4.28. The van der Waals surface area contributed by atoms with Crippen LogP contribution in [0.15, 0.2) is 18.2 Å². The molecule has 3 aliphatic carbocycles. The normalized spacial score (nSPS) is 32.4. The summed E-state index contributed by atoms with van der Waals surface area (Å²) in [6, 6.07) is 5.52. The molecule has 3 nitrogen and oxygen atoms in total. The topological polar surface area (TPSA) is 40.5 Å². The van der Waals surface area contributed by atoms with Crippen molar-refractivity contribution in [1.29, 1.82) is 0 Å². The second-order valence-corrected chi connectivity index (χ2v) is 6.27. The van der Waals surface area contributed by atoms with Crippen LogP contribution in [0.1, 0.15) is 24.8 Å². The van der Waals surface area contributed by atoms with Gasteiger partial charge < -0.3 is 10.0 Å². The Labute approximate surface area is 111 Å². The molecule has 96 valence electrons. The molecular weight excluding hydrogens is 250 g/mol. The maximum Gasteiger partial charge on any atom is 0.233 e. The minimum Gasteiger partial charge on any atom is -0.390 e. The van der Waals surface area contributed by atoms with Gasteiger partial charge in [0.15, 0.2) is 0 Å². The van der Waals surface area contributed by atoms with Crippen molar-refractivity contribution in [3.05, 3.63) is 28.8 Å². The molecule has 3 saturated carbocycles. The van der Waals surface area contributed by atoms with E-state index >= 15 is 0 Å². The van der Waals surface area contributed by atoms with Crippen LogP contribution in [0.25, 0.3) is 0 Å². The second kappa shape index (κ2) is 3.49. The van der Waals surface area contributed by atoms with Gasteiger partial charge in [0.1, 0.15) is 0 Å². The number of aliphatic hydroxyl groups is 1. The predicted molar refractivity (Wildman–Crippen MR) is 70.8 cm³/mol. The Morgan fingerprint density at radius 3 is 2.50 bits per heavy atom. The van der Waals surface area contributed by atoms with Crippen molar-refractivity contribution in [3.8, 4) is 0 Å². The van der Waals surface area contributed by atoms with E-state index in [1.54, 1.807) is 18.0 Å². The van der Waals surface area contributed by atoms with Crippen molar-refractivity contribution in [2.24, 2.45) is 5.41 Å². The zero-order valence-electron chi connectivity index (χ0n) is 10.5. The van der Waals surface area contributed by atoms with Crippen LogP contribution in [0.3, 0.4) is 0 Å². The predicted octanol–water partition coefficient (Wildman–Crippen LogP) is 2.53. The smallest absolute Gasteiger partial charge is 0.233 e. The minimum absolute atomic E-state index is 0.115. The van der Waals surface area contributed by atoms with Gasteiger partial charge in [-0.3, -0.25) is 4.79 Å². The van der Waals surface area contributed by atoms with E-state index in [-0.39, 0.29) is 11.3 Å². The van der Waals surface area contributed by atoms with Crippen LogP contribution in [0, 0.1) is 12.3 Å². The summed E-state index contributed by atoms with van der Waals surface area (Å²) in [7, 11) is 1.79. The van der Waals surface area contributed by atoms with Gasteiger partial charge in [-0.1, -0.05) is 11.6 Å². The first-order valence-electron chi connectivity index (χ1n) is 6.12. The molecule has 4 rings (SSSR count). The van der Waals surface area contributed by atoms with E-state index in [0.29, 0.717) is 24.3 Å². The Morgan fingerprint density at radius 1 is 1.39 bits per heavy atom. The number of anilines is 1. The van der Waals surface area contributed by atoms with Gasteiger partial charge in [0, 0.05) is 17.8 Å². The lowest BCUT2D eigenvalue weighted by Crippen LogP contribution is -2.72. The Hall–Kier alpha value is -1.06. The van der Waals surface area contributed by atoms with Crippen molar-refractivity contribution in [2.75, 3.05) is 11.9 Å². The molecule has 0 saturated heterocycles. The number of nitrogens with zero attached hydrogens (tertiary/aromatic N) is 1. The van der Waals surface area contributed by atoms with E-state index in [1.165, 1.54) is 0 Å². The first-order chi connectivity index (χ1) is 8.35. The fourth-order valence-electron chi connectivity index (χ4n) is 3.42. The van der Waals surface area contributed by atoms with Crippen LogP contribution in [0.2, 0.25) is 5.02 Å². The Balaban J connectivity index is 1.82. The number of hydrogen-bond donors (Lipinski definition) is 1. The van der Waals surface area contributed by atoms with E-state index in [2.05, 4.69) is 0 Å². The molecular formula is C14H16ClNO2. The van der Waals surface area contributed by atoms with Gasteiger partial charge in [-0.05, 0) is 49.9 Å². The molecule has 18 heavy (non-hydrogen) atoms. The highest BCUT2D eigenvalue weighted by Gasteiger charge is 2.71. The third kappa shape index (κ3) is 1.50. The van der Waals surface area contributed by atoms with Gasteiger partial charge in [0.2, 0.25) is 5.91 Å². The Bertz CT molecular complexity index is 521. The van der Waals surface area contributed by atoms with E-state index in [1.807, 2.05) is 19.1 Å². The lowest BCUT2D eigenvalue weighted by Gasteiger charge is -2.66. The number of carbonyl (C=O) groups excluding carboxylic acids is 1. The molecule has 2 bridgehead atoms. The summed E-state index contributed by atoms with van der Waals surface area (Å²) < 4.78 is 0. The van der Waals surface area contributed by atoms with E-state index < -0.39 is 5.60 Å². The monoisotopic (exact) mass is 265 g/mol. The lowest BCUT2D eigenvalue weighted by molar-refractivity contribution is -0.248. The Kier molecular flexibility index (Phi) is 2.32. The minimum atomic E-state index is -0.536. The van der Waals surface area contributed by atoms with Gasteiger partial charge in [-0.25, -0.2) is 0 Å². The van der Waals surface area contributed by atoms with Crippen molar-refractivity contribution < 1.29 is 9.90 Å². The molecule has 0 heterocycles. The van der Waals surface area contributed by atoms with E-state index in [9.17, 15) is 9.90 Å². The third-order valence-corrected chi connectivity index (χ3v) is 4.52. The number of rotatable bonds is 2. The number of amides is 1. The molecule has 0 radical (unpaired) electrons. The van der Waals surface area contributed by atoms with Crippen molar-refractivity contribution in [1.82, 2.24) is 0 Å². The molecule has 4 heteroatoms. The van der Waals surface area contributed by atoms with Crippen LogP contribution < -0.4 is 4.90 Å². The first-order valence-corrected chi connectivity index (χ1v) is 6.50. The van der Waals surface area contributed by atoms with Crippen LogP contribution >= 0.6 is 11.6 Å². The molecule has 3 fully saturated rings. The first kappa shape index (κ1) is 12.0. The maximum absolute atomic E-state index is 12.4. The average Bonchev–Trinajstić information content (AvgIpc) is 2.22. The summed E-state index contributed by atoms with van der Waals surface area (Å²) >= 11 is 5.92. The molecule has 1 aromatic rings. The number of hydrogen-bond acceptors (Lipinski definition) is 2. The van der Waals surface area contributed by atoms with Crippen molar-refractivity contribution >= 4 is 23.2 Å².